The van der Waals surface area contributed by atoms with Crippen LogP contribution in [0.3, 0.4) is 0 Å². The van der Waals surface area contributed by atoms with Gasteiger partial charge in [0, 0.05) is 39.4 Å². The highest BCUT2D eigenvalue weighted by Crippen LogP contribution is 2.28. The molecule has 2 bridgehead atoms. The van der Waals surface area contributed by atoms with E-state index in [2.05, 4.69) is 32.2 Å². The molecule has 2 aliphatic rings. The van der Waals surface area contributed by atoms with E-state index in [-0.39, 0.29) is 18.6 Å². The third-order valence-electron chi connectivity index (χ3n) is 5.99. The van der Waals surface area contributed by atoms with Crippen LogP contribution in [0.2, 0.25) is 0 Å². The van der Waals surface area contributed by atoms with Crippen LogP contribution < -0.4 is 5.32 Å². The number of rotatable bonds is 5. The van der Waals surface area contributed by atoms with Crippen LogP contribution in [0, 0.1) is 0 Å². The highest BCUT2D eigenvalue weighted by Gasteiger charge is 2.23. The minimum absolute atomic E-state index is 0.0275. The third kappa shape index (κ3) is 5.87. The Hall–Kier alpha value is -3.11. The van der Waals surface area contributed by atoms with Crippen molar-refractivity contribution in [3.8, 4) is 0 Å². The van der Waals surface area contributed by atoms with Crippen LogP contribution in [-0.2, 0) is 25.5 Å². The van der Waals surface area contributed by atoms with E-state index < -0.39 is 0 Å². The number of fused-ring (bicyclic) bond motifs is 2. The number of allylic oxidation sites excluding steroid dienone is 1. The predicted octanol–water partition coefficient (Wildman–Crippen LogP) is 2.27. The Labute approximate surface area is 200 Å². The van der Waals surface area contributed by atoms with E-state index in [1.807, 2.05) is 32.3 Å². The molecule has 0 radical (unpaired) electrons. The summed E-state index contributed by atoms with van der Waals surface area (Å²) in [5.74, 6) is 1.99. The highest BCUT2D eigenvalue weighted by molar-refractivity contribution is 5.90. The van der Waals surface area contributed by atoms with Gasteiger partial charge < -0.3 is 34.3 Å². The number of hydrogen-bond acceptors (Lipinski definition) is 8. The molecule has 184 valence electrons. The largest absolute Gasteiger partial charge is 0.488 e. The minimum Gasteiger partial charge on any atom is -0.488 e. The van der Waals surface area contributed by atoms with Gasteiger partial charge in [0.25, 0.3) is 5.91 Å². The summed E-state index contributed by atoms with van der Waals surface area (Å²) in [6.07, 6.45) is 8.87. The fourth-order valence-electron chi connectivity index (χ4n) is 4.15. The maximum atomic E-state index is 12.7. The molecular formula is C24H34N6O4. The van der Waals surface area contributed by atoms with Crippen molar-refractivity contribution in [2.45, 2.75) is 32.4 Å². The van der Waals surface area contributed by atoms with Gasteiger partial charge in [-0.1, -0.05) is 6.08 Å². The molecule has 0 fully saturated rings. The van der Waals surface area contributed by atoms with E-state index in [0.29, 0.717) is 44.3 Å². The van der Waals surface area contributed by atoms with Gasteiger partial charge in [0.1, 0.15) is 30.2 Å². The molecular weight excluding hydrogens is 436 g/mol. The molecule has 0 spiro atoms. The number of aromatic nitrogens is 3. The normalized spacial score (nSPS) is 20.4. The van der Waals surface area contributed by atoms with Crippen molar-refractivity contribution in [1.82, 2.24) is 24.8 Å². The molecule has 2 N–H and O–H groups in total. The topological polar surface area (TPSA) is 105 Å². The quantitative estimate of drug-likeness (QED) is 0.642. The maximum absolute atomic E-state index is 12.7. The van der Waals surface area contributed by atoms with Crippen LogP contribution in [0.25, 0.3) is 11.0 Å². The van der Waals surface area contributed by atoms with E-state index >= 15 is 0 Å². The van der Waals surface area contributed by atoms with Crippen LogP contribution in [-0.4, -0.2) is 90.3 Å². The van der Waals surface area contributed by atoms with E-state index in [1.165, 1.54) is 0 Å². The van der Waals surface area contributed by atoms with Crippen LogP contribution in [0.5, 0.6) is 0 Å². The lowest BCUT2D eigenvalue weighted by Crippen LogP contribution is -2.33. The van der Waals surface area contributed by atoms with Crippen molar-refractivity contribution < 1.29 is 19.0 Å². The second kappa shape index (κ2) is 11.3. The van der Waals surface area contributed by atoms with Gasteiger partial charge in [0.15, 0.2) is 12.4 Å². The standard InChI is InChI=1S/C24H34N6O4/c1-4-32-10-11-33-19-7-6-18-12-20(19)34-15-21(31)30(3)9-5-8-29(2)14-17-13-25-23-22(17)24(28-18)27-16-26-23/h6-7,13,16,18H,4-5,8-12,14-15H2,1-3H3,(H2,25,26,27,28). The number of carbonyl (C=O) groups is 1. The second-order valence-corrected chi connectivity index (χ2v) is 8.60. The van der Waals surface area contributed by atoms with Gasteiger partial charge in [-0.05, 0) is 38.6 Å². The Morgan fingerprint density at radius 2 is 2.12 bits per heavy atom. The Bertz CT molecular complexity index is 1050. The summed E-state index contributed by atoms with van der Waals surface area (Å²) in [6, 6.07) is -0.0754. The first kappa shape index (κ1) is 24.0. The average Bonchev–Trinajstić information content (AvgIpc) is 3.24. The van der Waals surface area contributed by atoms with Crippen molar-refractivity contribution >= 4 is 22.8 Å². The van der Waals surface area contributed by atoms with Gasteiger partial charge in [-0.25, -0.2) is 9.97 Å². The number of hydrogen-bond donors (Lipinski definition) is 2. The molecule has 1 unspecified atom stereocenters. The number of aromatic amines is 1. The summed E-state index contributed by atoms with van der Waals surface area (Å²) in [7, 11) is 3.90. The maximum Gasteiger partial charge on any atom is 0.260 e. The molecule has 0 aromatic carbocycles. The molecule has 4 rings (SSSR count). The monoisotopic (exact) mass is 470 g/mol. The molecule has 2 aromatic rings. The summed E-state index contributed by atoms with van der Waals surface area (Å²) in [5, 5.41) is 4.52. The number of H-pyrrole nitrogens is 1. The van der Waals surface area contributed by atoms with Crippen molar-refractivity contribution in [3.63, 3.8) is 0 Å². The molecule has 10 nitrogen and oxygen atoms in total. The molecule has 34 heavy (non-hydrogen) atoms. The molecule has 3 heterocycles. The number of likely N-dealkylation sites (N-methyl/N-ethyl adjacent to an activating group) is 1. The zero-order valence-corrected chi connectivity index (χ0v) is 20.2. The first-order valence-electron chi connectivity index (χ1n) is 11.8. The fourth-order valence-corrected chi connectivity index (χ4v) is 4.15. The minimum atomic E-state index is -0.0754. The van der Waals surface area contributed by atoms with E-state index in [4.69, 9.17) is 14.2 Å². The summed E-state index contributed by atoms with van der Waals surface area (Å²) in [4.78, 5) is 28.8. The zero-order valence-electron chi connectivity index (χ0n) is 20.2. The molecule has 10 heteroatoms. The van der Waals surface area contributed by atoms with Crippen molar-refractivity contribution in [2.24, 2.45) is 0 Å². The van der Waals surface area contributed by atoms with Crippen molar-refractivity contribution in [2.75, 3.05) is 58.9 Å². The Morgan fingerprint density at radius 1 is 1.24 bits per heavy atom. The highest BCUT2D eigenvalue weighted by atomic mass is 16.5. The molecule has 1 aliphatic heterocycles. The van der Waals surface area contributed by atoms with E-state index in [1.54, 1.807) is 11.2 Å². The van der Waals surface area contributed by atoms with Gasteiger partial charge in [-0.2, -0.15) is 0 Å². The Balaban J connectivity index is 1.61. The number of anilines is 1. The van der Waals surface area contributed by atoms with E-state index in [0.717, 1.165) is 41.9 Å². The predicted molar refractivity (Wildman–Crippen MR) is 129 cm³/mol. The molecule has 1 aliphatic carbocycles. The summed E-state index contributed by atoms with van der Waals surface area (Å²) in [6.45, 7) is 5.74. The summed E-state index contributed by atoms with van der Waals surface area (Å²) < 4.78 is 17.3. The lowest BCUT2D eigenvalue weighted by molar-refractivity contribution is -0.133. The first-order chi connectivity index (χ1) is 16.5. The molecule has 1 amide bonds. The molecule has 0 saturated heterocycles. The van der Waals surface area contributed by atoms with Gasteiger partial charge in [0.05, 0.1) is 18.0 Å². The number of ether oxygens (including phenoxy) is 3. The van der Waals surface area contributed by atoms with Crippen LogP contribution in [0.15, 0.2) is 36.2 Å². The second-order valence-electron chi connectivity index (χ2n) is 8.60. The Kier molecular flexibility index (Phi) is 8.02. The van der Waals surface area contributed by atoms with Gasteiger partial charge in [0.2, 0.25) is 0 Å². The van der Waals surface area contributed by atoms with E-state index in [9.17, 15) is 4.79 Å². The lowest BCUT2D eigenvalue weighted by atomic mass is 10.1. The van der Waals surface area contributed by atoms with Gasteiger partial charge in [-0.15, -0.1) is 0 Å². The number of nitrogens with one attached hydrogen (secondary N) is 2. The summed E-state index contributed by atoms with van der Waals surface area (Å²) in [5.41, 5.74) is 1.93. The van der Waals surface area contributed by atoms with Gasteiger partial charge >= 0.3 is 0 Å². The van der Waals surface area contributed by atoms with Crippen molar-refractivity contribution in [3.05, 3.63) is 41.8 Å². The van der Waals surface area contributed by atoms with Crippen LogP contribution in [0.4, 0.5) is 5.82 Å². The SMILES string of the molecule is CCOCCOC1=C2CC(C=C1)Nc1ncnc3[nH]cc(c13)CN(C)CCCN(C)C(=O)CO2. The molecule has 2 aromatic heterocycles. The smallest absolute Gasteiger partial charge is 0.260 e. The van der Waals surface area contributed by atoms with Crippen LogP contribution in [0.1, 0.15) is 25.3 Å². The number of carbonyl (C=O) groups excluding carboxylic acids is 1. The number of amides is 1. The zero-order chi connectivity index (χ0) is 23.9. The molecule has 1 atom stereocenters. The Morgan fingerprint density at radius 3 is 2.97 bits per heavy atom. The average molecular weight is 471 g/mol. The van der Waals surface area contributed by atoms with Gasteiger partial charge in [-0.3, -0.25) is 4.79 Å². The fraction of sp³-hybridized carbons (Fsp3) is 0.542. The molecule has 0 saturated carbocycles. The lowest BCUT2D eigenvalue weighted by Gasteiger charge is -2.26. The first-order valence-corrected chi connectivity index (χ1v) is 11.8. The van der Waals surface area contributed by atoms with Crippen LogP contribution >= 0.6 is 0 Å². The number of nitrogens with zero attached hydrogens (tertiary/aromatic N) is 4. The third-order valence-corrected chi connectivity index (χ3v) is 5.99. The summed E-state index contributed by atoms with van der Waals surface area (Å²) >= 11 is 0. The van der Waals surface area contributed by atoms with Crippen molar-refractivity contribution in [1.29, 1.82) is 0 Å².